The molecule has 0 aliphatic carbocycles. The molecule has 0 unspecified atom stereocenters. The normalized spacial score (nSPS) is 12.3. The van der Waals surface area contributed by atoms with Crippen LogP contribution >= 0.6 is 0 Å². The minimum Gasteiger partial charge on any atom is -0.368 e. The molecule has 0 aliphatic heterocycles. The lowest BCUT2D eigenvalue weighted by atomic mass is 9.98. The van der Waals surface area contributed by atoms with Crippen molar-refractivity contribution in [2.24, 2.45) is 7.05 Å². The van der Waals surface area contributed by atoms with Crippen molar-refractivity contribution in [3.05, 3.63) is 54.5 Å². The summed E-state index contributed by atoms with van der Waals surface area (Å²) in [5.41, 5.74) is 7.22. The van der Waals surface area contributed by atoms with Crippen LogP contribution in [0.2, 0.25) is 0 Å². The van der Waals surface area contributed by atoms with E-state index in [1.165, 1.54) is 0 Å². The monoisotopic (exact) mass is 365 g/mol. The first kappa shape index (κ1) is 16.8. The second-order valence-corrected chi connectivity index (χ2v) is 6.08. The fourth-order valence-electron chi connectivity index (χ4n) is 2.83. The van der Waals surface area contributed by atoms with E-state index in [1.807, 2.05) is 24.7 Å². The second kappa shape index (κ2) is 6.56. The van der Waals surface area contributed by atoms with Gasteiger partial charge >= 0.3 is 0 Å². The van der Waals surface area contributed by atoms with E-state index >= 15 is 0 Å². The molecule has 0 aromatic carbocycles. The van der Waals surface area contributed by atoms with Crippen molar-refractivity contribution in [3.63, 3.8) is 0 Å². The molecular formula is C17H16FN9. The van der Waals surface area contributed by atoms with E-state index < -0.39 is 5.82 Å². The zero-order chi connectivity index (χ0) is 19.0. The largest absolute Gasteiger partial charge is 0.368 e. The van der Waals surface area contributed by atoms with Crippen LogP contribution in [0.1, 0.15) is 24.2 Å². The number of hydrogen-bond acceptors (Lipinski definition) is 8. The van der Waals surface area contributed by atoms with E-state index in [4.69, 9.17) is 5.73 Å². The third-order valence-electron chi connectivity index (χ3n) is 4.10. The zero-order valence-corrected chi connectivity index (χ0v) is 14.6. The van der Waals surface area contributed by atoms with Crippen molar-refractivity contribution in [2.75, 3.05) is 11.1 Å². The minimum absolute atomic E-state index is 0.116. The van der Waals surface area contributed by atoms with Gasteiger partial charge in [-0.05, 0) is 5.56 Å². The maximum atomic E-state index is 13.2. The summed E-state index contributed by atoms with van der Waals surface area (Å²) in [6, 6.07) is 0. The van der Waals surface area contributed by atoms with Gasteiger partial charge in [-0.25, -0.2) is 24.3 Å². The van der Waals surface area contributed by atoms with Gasteiger partial charge in [-0.15, -0.1) is 0 Å². The van der Waals surface area contributed by atoms with Crippen LogP contribution in [-0.4, -0.2) is 34.5 Å². The Hall–Kier alpha value is -3.69. The number of nitrogens with two attached hydrogens (primary N) is 1. The molecule has 27 heavy (non-hydrogen) atoms. The van der Waals surface area contributed by atoms with Gasteiger partial charge in [0.05, 0.1) is 35.8 Å². The molecule has 3 N–H and O–H groups in total. The highest BCUT2D eigenvalue weighted by Gasteiger charge is 2.19. The van der Waals surface area contributed by atoms with Gasteiger partial charge < -0.3 is 15.6 Å². The van der Waals surface area contributed by atoms with E-state index in [9.17, 15) is 4.39 Å². The van der Waals surface area contributed by atoms with Gasteiger partial charge in [-0.2, -0.15) is 4.98 Å². The highest BCUT2D eigenvalue weighted by molar-refractivity contribution is 5.94. The first-order valence-electron chi connectivity index (χ1n) is 8.15. The number of nitrogen functional groups attached to an aromatic ring is 1. The van der Waals surface area contributed by atoms with E-state index in [2.05, 4.69) is 35.2 Å². The van der Waals surface area contributed by atoms with Crippen LogP contribution < -0.4 is 11.1 Å². The maximum absolute atomic E-state index is 13.2. The summed E-state index contributed by atoms with van der Waals surface area (Å²) in [7, 11) is 1.87. The first-order chi connectivity index (χ1) is 13.0. The number of aromatic nitrogens is 7. The van der Waals surface area contributed by atoms with Crippen LogP contribution in [0.15, 0.2) is 37.3 Å². The molecule has 0 saturated carbocycles. The van der Waals surface area contributed by atoms with Gasteiger partial charge in [0.1, 0.15) is 17.5 Å². The Kier molecular flexibility index (Phi) is 4.07. The summed E-state index contributed by atoms with van der Waals surface area (Å²) in [6.07, 6.45) is 9.07. The van der Waals surface area contributed by atoms with E-state index in [-0.39, 0.29) is 11.9 Å². The molecule has 0 bridgehead atoms. The van der Waals surface area contributed by atoms with Gasteiger partial charge in [0, 0.05) is 25.4 Å². The Labute approximate surface area is 153 Å². The molecule has 10 heteroatoms. The second-order valence-electron chi connectivity index (χ2n) is 6.08. The lowest BCUT2D eigenvalue weighted by Gasteiger charge is -2.15. The van der Waals surface area contributed by atoms with Crippen molar-refractivity contribution in [1.82, 2.24) is 34.5 Å². The van der Waals surface area contributed by atoms with Gasteiger partial charge in [0.2, 0.25) is 5.95 Å². The lowest BCUT2D eigenvalue weighted by Crippen LogP contribution is -2.08. The van der Waals surface area contributed by atoms with Crippen LogP contribution in [0.5, 0.6) is 0 Å². The van der Waals surface area contributed by atoms with E-state index in [0.29, 0.717) is 23.0 Å². The number of rotatable bonds is 4. The minimum atomic E-state index is -0.490. The highest BCUT2D eigenvalue weighted by atomic mass is 19.1. The third-order valence-corrected chi connectivity index (χ3v) is 4.10. The number of fused-ring (bicyclic) bond motifs is 1. The summed E-state index contributed by atoms with van der Waals surface area (Å²) in [5, 5.41) is 3.90. The average molecular weight is 365 g/mol. The molecule has 0 amide bonds. The molecule has 4 rings (SSSR count). The molecule has 0 aliphatic rings. The quantitative estimate of drug-likeness (QED) is 0.564. The fraction of sp³-hybridized carbons (Fsp3) is 0.176. The Bertz CT molecular complexity index is 1110. The van der Waals surface area contributed by atoms with Crippen molar-refractivity contribution >= 4 is 28.5 Å². The number of pyridine rings is 1. The number of hydrogen-bond donors (Lipinski definition) is 2. The summed E-state index contributed by atoms with van der Waals surface area (Å²) >= 11 is 0. The SMILES string of the molecule is C[C@H](c1ncc(F)cn1)c1cncc2nc(N)nc(Nc3cn(C)cn3)c12. The molecule has 0 saturated heterocycles. The molecule has 0 spiro atoms. The molecule has 4 aromatic rings. The van der Waals surface area contributed by atoms with Gasteiger partial charge in [0.25, 0.3) is 0 Å². The van der Waals surface area contributed by atoms with Crippen molar-refractivity contribution in [1.29, 1.82) is 0 Å². The highest BCUT2D eigenvalue weighted by Crippen LogP contribution is 2.32. The van der Waals surface area contributed by atoms with Crippen LogP contribution in [0.25, 0.3) is 10.9 Å². The summed E-state index contributed by atoms with van der Waals surface area (Å²) < 4.78 is 15.0. The van der Waals surface area contributed by atoms with Crippen LogP contribution in [0.4, 0.5) is 22.0 Å². The standard InChI is InChI=1S/C17H16FN9/c1-9(15-21-3-10(18)4-22-15)11-5-20-6-12-14(11)16(26-17(19)24-12)25-13-7-27(2)8-23-13/h3-9H,1-2H3,(H3,19,24,25,26)/t9-/m0/s1. The summed E-state index contributed by atoms with van der Waals surface area (Å²) in [6.45, 7) is 1.91. The molecule has 1 atom stereocenters. The fourth-order valence-corrected chi connectivity index (χ4v) is 2.83. The number of halogens is 1. The topological polar surface area (TPSA) is 120 Å². The van der Waals surface area contributed by atoms with Crippen LogP contribution in [0.3, 0.4) is 0 Å². The molecule has 4 aromatic heterocycles. The molecule has 4 heterocycles. The third kappa shape index (κ3) is 3.24. The van der Waals surface area contributed by atoms with Gasteiger partial charge in [-0.3, -0.25) is 4.98 Å². The molecule has 0 fully saturated rings. The van der Waals surface area contributed by atoms with Crippen molar-refractivity contribution in [3.8, 4) is 0 Å². The van der Waals surface area contributed by atoms with Crippen molar-refractivity contribution in [2.45, 2.75) is 12.8 Å². The van der Waals surface area contributed by atoms with Crippen molar-refractivity contribution < 1.29 is 4.39 Å². The zero-order valence-electron chi connectivity index (χ0n) is 14.6. The average Bonchev–Trinajstić information content (AvgIpc) is 3.05. The first-order valence-corrected chi connectivity index (χ1v) is 8.15. The Morgan fingerprint density at radius 1 is 1.11 bits per heavy atom. The molecular weight excluding hydrogens is 349 g/mol. The Morgan fingerprint density at radius 2 is 1.89 bits per heavy atom. The van der Waals surface area contributed by atoms with Gasteiger partial charge in [-0.1, -0.05) is 6.92 Å². The number of anilines is 3. The molecule has 136 valence electrons. The number of nitrogens with zero attached hydrogens (tertiary/aromatic N) is 7. The molecule has 9 nitrogen and oxygen atoms in total. The van der Waals surface area contributed by atoms with Crippen LogP contribution in [-0.2, 0) is 7.05 Å². The smallest absolute Gasteiger partial charge is 0.222 e. The number of nitrogens with one attached hydrogen (secondary N) is 1. The maximum Gasteiger partial charge on any atom is 0.222 e. The number of aryl methyl sites for hydroxylation is 1. The number of imidazole rings is 1. The van der Waals surface area contributed by atoms with E-state index in [1.54, 1.807) is 18.7 Å². The Balaban J connectivity index is 1.86. The summed E-state index contributed by atoms with van der Waals surface area (Å²) in [4.78, 5) is 25.3. The predicted molar refractivity (Wildman–Crippen MR) is 97.7 cm³/mol. The lowest BCUT2D eigenvalue weighted by molar-refractivity contribution is 0.606. The van der Waals surface area contributed by atoms with E-state index in [0.717, 1.165) is 23.3 Å². The van der Waals surface area contributed by atoms with Gasteiger partial charge in [0.15, 0.2) is 5.82 Å². The molecule has 0 radical (unpaired) electrons. The summed E-state index contributed by atoms with van der Waals surface area (Å²) in [5.74, 6) is 0.943. The predicted octanol–water partition coefficient (Wildman–Crippen LogP) is 2.17. The van der Waals surface area contributed by atoms with Crippen LogP contribution in [0, 0.1) is 5.82 Å². The Morgan fingerprint density at radius 3 is 2.59 bits per heavy atom.